The smallest absolute Gasteiger partial charge is 0.254 e. The number of nitrogens with one attached hydrogen (secondary N) is 1. The fourth-order valence-electron chi connectivity index (χ4n) is 7.85. The number of aryl methyl sites for hydroxylation is 1. The van der Waals surface area contributed by atoms with Crippen LogP contribution in [0.1, 0.15) is 49.9 Å². The van der Waals surface area contributed by atoms with Crippen molar-refractivity contribution >= 4 is 39.4 Å². The van der Waals surface area contributed by atoms with Crippen LogP contribution >= 0.6 is 0 Å². The van der Waals surface area contributed by atoms with Crippen LogP contribution in [0.2, 0.25) is 0 Å². The molecule has 230 valence electrons. The number of imidazole rings is 1. The number of carbonyl (C=O) groups excluding carboxylic acids is 2. The van der Waals surface area contributed by atoms with E-state index in [1.165, 1.54) is 31.7 Å². The molecule has 3 fully saturated rings. The molecule has 3 heterocycles. The van der Waals surface area contributed by atoms with E-state index < -0.39 is 0 Å². The Kier molecular flexibility index (Phi) is 6.52. The number of anilines is 1. The molecule has 0 radical (unpaired) electrons. The number of amides is 2. The minimum absolute atomic E-state index is 0.0787. The number of hydrogen-bond donors (Lipinski definition) is 1. The molecule has 2 saturated carbocycles. The first-order valence-electron chi connectivity index (χ1n) is 16.2. The predicted octanol–water partition coefficient (Wildman–Crippen LogP) is 7.11. The van der Waals surface area contributed by atoms with Crippen LogP contribution in [-0.2, 0) is 18.4 Å². The summed E-state index contributed by atoms with van der Waals surface area (Å²) in [4.78, 5) is 32.5. The maximum absolute atomic E-state index is 13.8. The SMILES string of the molecule is COc1cc(C(=O)N2CC3CCC2[C@@H]3C)cc2nc(-c3cc4ccc(-c5ccc(NC(C)=O)cc5)cc4n3CC3CC3)n(C)c12. The Hall–Kier alpha value is -4.59. The van der Waals surface area contributed by atoms with E-state index in [4.69, 9.17) is 9.72 Å². The second-order valence-corrected chi connectivity index (χ2v) is 13.4. The van der Waals surface area contributed by atoms with E-state index in [9.17, 15) is 9.59 Å². The summed E-state index contributed by atoms with van der Waals surface area (Å²) in [6.07, 6.45) is 4.80. The lowest BCUT2D eigenvalue weighted by Gasteiger charge is -2.27. The van der Waals surface area contributed by atoms with Crippen LogP contribution in [0.3, 0.4) is 0 Å². The molecular formula is C37H39N5O3. The molecule has 2 bridgehead atoms. The van der Waals surface area contributed by atoms with Crippen molar-refractivity contribution in [3.05, 3.63) is 66.2 Å². The van der Waals surface area contributed by atoms with Crippen molar-refractivity contribution in [2.75, 3.05) is 19.0 Å². The quantitative estimate of drug-likeness (QED) is 0.216. The van der Waals surface area contributed by atoms with Gasteiger partial charge in [0.15, 0.2) is 5.82 Å². The Morgan fingerprint density at radius 3 is 2.42 bits per heavy atom. The van der Waals surface area contributed by atoms with Crippen LogP contribution in [0.4, 0.5) is 5.69 Å². The van der Waals surface area contributed by atoms with Crippen LogP contribution < -0.4 is 10.1 Å². The highest BCUT2D eigenvalue weighted by molar-refractivity contribution is 6.00. The molecule has 1 aliphatic heterocycles. The van der Waals surface area contributed by atoms with Gasteiger partial charge in [-0.15, -0.1) is 0 Å². The predicted molar refractivity (Wildman–Crippen MR) is 177 cm³/mol. The summed E-state index contributed by atoms with van der Waals surface area (Å²) in [6, 6.07) is 21.0. The molecule has 1 saturated heterocycles. The second kappa shape index (κ2) is 10.5. The van der Waals surface area contributed by atoms with Crippen molar-refractivity contribution in [3.63, 3.8) is 0 Å². The Morgan fingerprint density at radius 2 is 1.76 bits per heavy atom. The fourth-order valence-corrected chi connectivity index (χ4v) is 7.85. The van der Waals surface area contributed by atoms with Gasteiger partial charge >= 0.3 is 0 Å². The normalized spacial score (nSPS) is 20.8. The van der Waals surface area contributed by atoms with Crippen LogP contribution in [0, 0.1) is 17.8 Å². The summed E-state index contributed by atoms with van der Waals surface area (Å²) in [5, 5.41) is 4.01. The summed E-state index contributed by atoms with van der Waals surface area (Å²) >= 11 is 0. The van der Waals surface area contributed by atoms with E-state index in [1.54, 1.807) is 7.11 Å². The minimum atomic E-state index is -0.0787. The van der Waals surface area contributed by atoms with Crippen LogP contribution in [0.15, 0.2) is 60.7 Å². The monoisotopic (exact) mass is 601 g/mol. The lowest BCUT2D eigenvalue weighted by Crippen LogP contribution is -2.38. The van der Waals surface area contributed by atoms with Gasteiger partial charge in [-0.25, -0.2) is 4.98 Å². The first kappa shape index (κ1) is 27.9. The summed E-state index contributed by atoms with van der Waals surface area (Å²) in [5.74, 6) is 3.38. The molecule has 2 aliphatic carbocycles. The first-order valence-corrected chi connectivity index (χ1v) is 16.2. The molecule has 8 heteroatoms. The summed E-state index contributed by atoms with van der Waals surface area (Å²) in [6.45, 7) is 5.59. The molecule has 2 unspecified atom stereocenters. The van der Waals surface area contributed by atoms with Gasteiger partial charge in [-0.1, -0.05) is 31.2 Å². The lowest BCUT2D eigenvalue weighted by molar-refractivity contribution is -0.114. The molecule has 5 aromatic rings. The Morgan fingerprint density at radius 1 is 0.978 bits per heavy atom. The molecule has 2 amide bonds. The average Bonchev–Trinajstić information content (AvgIpc) is 3.44. The Balaban J connectivity index is 1.20. The number of benzene rings is 3. The van der Waals surface area contributed by atoms with E-state index in [1.807, 2.05) is 43.4 Å². The van der Waals surface area contributed by atoms with Gasteiger partial charge in [0.25, 0.3) is 5.91 Å². The lowest BCUT2D eigenvalue weighted by atomic mass is 10.0. The van der Waals surface area contributed by atoms with Crippen molar-refractivity contribution in [1.29, 1.82) is 0 Å². The highest BCUT2D eigenvalue weighted by Crippen LogP contribution is 2.44. The molecule has 0 spiro atoms. The first-order chi connectivity index (χ1) is 21.8. The molecule has 3 aromatic carbocycles. The molecule has 8 nitrogen and oxygen atoms in total. The second-order valence-electron chi connectivity index (χ2n) is 13.4. The fraction of sp³-hybridized carbons (Fsp3) is 0.378. The number of hydrogen-bond acceptors (Lipinski definition) is 4. The van der Waals surface area contributed by atoms with Crippen LogP contribution in [-0.4, -0.2) is 50.5 Å². The molecule has 1 N–H and O–H groups in total. The van der Waals surface area contributed by atoms with Crippen LogP contribution in [0.25, 0.3) is 44.6 Å². The third-order valence-corrected chi connectivity index (χ3v) is 10.5. The van der Waals surface area contributed by atoms with Crippen molar-refractivity contribution in [1.82, 2.24) is 19.0 Å². The largest absolute Gasteiger partial charge is 0.494 e. The van der Waals surface area contributed by atoms with Crippen LogP contribution in [0.5, 0.6) is 5.75 Å². The van der Waals surface area contributed by atoms with E-state index >= 15 is 0 Å². The molecule has 3 aliphatic rings. The highest BCUT2D eigenvalue weighted by atomic mass is 16.5. The number of carbonyl (C=O) groups is 2. The Bertz CT molecular complexity index is 1980. The van der Waals surface area contributed by atoms with Crippen molar-refractivity contribution in [2.24, 2.45) is 24.8 Å². The molecule has 8 rings (SSSR count). The van der Waals surface area contributed by atoms with Crippen molar-refractivity contribution in [3.8, 4) is 28.4 Å². The van der Waals surface area contributed by atoms with E-state index in [0.717, 1.165) is 64.3 Å². The standard InChI is InChI=1S/C37H39N5O3/c1-21-27-11-14-31(21)42(20-27)37(44)28-15-30-35(34(18-28)45-4)40(3)36(39-30)33-17-26-8-7-25(16-32(26)41(33)19-23-5-6-23)24-9-12-29(13-10-24)38-22(2)43/h7-10,12-13,15-18,21,23,27,31H,5-6,11,14,19-20H2,1-4H3,(H,38,43)/t21-,27?,31?/m1/s1. The number of likely N-dealkylation sites (tertiary alicyclic amines) is 1. The minimum Gasteiger partial charge on any atom is -0.494 e. The summed E-state index contributed by atoms with van der Waals surface area (Å²) in [5.41, 5.74) is 7.56. The molecule has 3 atom stereocenters. The number of nitrogens with zero attached hydrogens (tertiary/aromatic N) is 4. The van der Waals surface area contributed by atoms with Gasteiger partial charge in [0, 0.05) is 55.3 Å². The third kappa shape index (κ3) is 4.69. The summed E-state index contributed by atoms with van der Waals surface area (Å²) < 4.78 is 10.4. The number of fused-ring (bicyclic) bond motifs is 4. The average molecular weight is 602 g/mol. The number of rotatable bonds is 7. The van der Waals surface area contributed by atoms with Gasteiger partial charge in [0.05, 0.1) is 18.3 Å². The zero-order valence-electron chi connectivity index (χ0n) is 26.3. The molecule has 2 aromatic heterocycles. The zero-order valence-corrected chi connectivity index (χ0v) is 26.3. The number of aromatic nitrogens is 3. The molecule has 45 heavy (non-hydrogen) atoms. The van der Waals surface area contributed by atoms with E-state index in [-0.39, 0.29) is 11.8 Å². The maximum Gasteiger partial charge on any atom is 0.254 e. The van der Waals surface area contributed by atoms with E-state index in [0.29, 0.717) is 35.1 Å². The van der Waals surface area contributed by atoms with E-state index in [2.05, 4.69) is 50.5 Å². The van der Waals surface area contributed by atoms with Gasteiger partial charge in [-0.3, -0.25) is 9.59 Å². The summed E-state index contributed by atoms with van der Waals surface area (Å²) in [7, 11) is 3.71. The Labute approximate surface area is 263 Å². The zero-order chi connectivity index (χ0) is 31.0. The van der Waals surface area contributed by atoms with Crippen molar-refractivity contribution in [2.45, 2.75) is 52.1 Å². The van der Waals surface area contributed by atoms with Gasteiger partial charge in [-0.05, 0) is 91.0 Å². The van der Waals surface area contributed by atoms with Gasteiger partial charge in [0.2, 0.25) is 5.91 Å². The van der Waals surface area contributed by atoms with Gasteiger partial charge in [0.1, 0.15) is 11.3 Å². The highest BCUT2D eigenvalue weighted by Gasteiger charge is 2.46. The van der Waals surface area contributed by atoms with Gasteiger partial charge < -0.3 is 24.1 Å². The number of ether oxygens (including phenoxy) is 1. The topological polar surface area (TPSA) is 81.4 Å². The van der Waals surface area contributed by atoms with Crippen molar-refractivity contribution < 1.29 is 14.3 Å². The number of piperidine rings is 1. The number of methoxy groups -OCH3 is 1. The third-order valence-electron chi connectivity index (χ3n) is 10.5. The molecular weight excluding hydrogens is 562 g/mol. The van der Waals surface area contributed by atoms with Gasteiger partial charge in [-0.2, -0.15) is 0 Å². The maximum atomic E-state index is 13.8.